The lowest BCUT2D eigenvalue weighted by atomic mass is 10.1. The van der Waals surface area contributed by atoms with Crippen LogP contribution in [0.1, 0.15) is 25.7 Å². The minimum atomic E-state index is -0.154. The van der Waals surface area contributed by atoms with E-state index in [-0.39, 0.29) is 12.5 Å². The van der Waals surface area contributed by atoms with Crippen LogP contribution in [0.4, 0.5) is 11.4 Å². The van der Waals surface area contributed by atoms with Gasteiger partial charge in [0.2, 0.25) is 0 Å². The molecule has 0 spiro atoms. The van der Waals surface area contributed by atoms with Gasteiger partial charge in [0.1, 0.15) is 11.5 Å². The molecule has 0 bridgehead atoms. The molecule has 102 valence electrons. The van der Waals surface area contributed by atoms with E-state index in [4.69, 9.17) is 15.2 Å². The van der Waals surface area contributed by atoms with Crippen LogP contribution in [0.25, 0.3) is 0 Å². The zero-order chi connectivity index (χ0) is 13.2. The van der Waals surface area contributed by atoms with Gasteiger partial charge in [-0.25, -0.2) is 0 Å². The smallest absolute Gasteiger partial charge is 0.262 e. The molecular weight excluding hydrogens is 244 g/mol. The zero-order valence-corrected chi connectivity index (χ0v) is 10.8. The Morgan fingerprint density at radius 1 is 1.37 bits per heavy atom. The fourth-order valence-electron chi connectivity index (χ4n) is 2.63. The predicted octanol–water partition coefficient (Wildman–Crippen LogP) is 2.17. The quantitative estimate of drug-likeness (QED) is 0.819. The summed E-state index contributed by atoms with van der Waals surface area (Å²) >= 11 is 0. The van der Waals surface area contributed by atoms with Gasteiger partial charge in [0.15, 0.2) is 6.61 Å². The highest BCUT2D eigenvalue weighted by Crippen LogP contribution is 2.37. The van der Waals surface area contributed by atoms with E-state index in [9.17, 15) is 4.79 Å². The van der Waals surface area contributed by atoms with Crippen LogP contribution in [-0.4, -0.2) is 19.1 Å². The van der Waals surface area contributed by atoms with Gasteiger partial charge in [-0.05, 0) is 18.8 Å². The number of carbonyl (C=O) groups is 1. The molecule has 1 amide bonds. The number of fused-ring (bicyclic) bond motifs is 1. The van der Waals surface area contributed by atoms with Gasteiger partial charge >= 0.3 is 0 Å². The number of rotatable bonds is 3. The molecule has 1 heterocycles. The fraction of sp³-hybridized carbons (Fsp3) is 0.500. The minimum absolute atomic E-state index is 0.0364. The van der Waals surface area contributed by atoms with Crippen molar-refractivity contribution in [2.24, 2.45) is 5.92 Å². The van der Waals surface area contributed by atoms with Crippen molar-refractivity contribution < 1.29 is 14.3 Å². The summed E-state index contributed by atoms with van der Waals surface area (Å²) in [7, 11) is 0. The maximum Gasteiger partial charge on any atom is 0.262 e. The Morgan fingerprint density at radius 2 is 2.16 bits per heavy atom. The van der Waals surface area contributed by atoms with Gasteiger partial charge in [-0.1, -0.05) is 12.8 Å². The lowest BCUT2D eigenvalue weighted by molar-refractivity contribution is -0.118. The van der Waals surface area contributed by atoms with Crippen LogP contribution in [0.5, 0.6) is 11.5 Å². The first-order chi connectivity index (χ1) is 9.22. The third kappa shape index (κ3) is 2.59. The monoisotopic (exact) mass is 262 g/mol. The van der Waals surface area contributed by atoms with E-state index in [0.717, 1.165) is 0 Å². The molecule has 5 nitrogen and oxygen atoms in total. The van der Waals surface area contributed by atoms with E-state index in [2.05, 4.69) is 5.32 Å². The van der Waals surface area contributed by atoms with Crippen LogP contribution in [0, 0.1) is 5.92 Å². The molecule has 1 aromatic carbocycles. The Balaban J connectivity index is 1.73. The van der Waals surface area contributed by atoms with E-state index in [1.807, 2.05) is 0 Å². The molecule has 1 aliphatic heterocycles. The van der Waals surface area contributed by atoms with Gasteiger partial charge in [0.05, 0.1) is 18.0 Å². The number of benzene rings is 1. The average Bonchev–Trinajstić information content (AvgIpc) is 2.90. The van der Waals surface area contributed by atoms with Crippen molar-refractivity contribution in [1.82, 2.24) is 0 Å². The number of carbonyl (C=O) groups excluding carboxylic acids is 1. The summed E-state index contributed by atoms with van der Waals surface area (Å²) in [5.74, 6) is 1.70. The Kier molecular flexibility index (Phi) is 3.19. The fourth-order valence-corrected chi connectivity index (χ4v) is 2.63. The van der Waals surface area contributed by atoms with Crippen LogP contribution in [0.3, 0.4) is 0 Å². The van der Waals surface area contributed by atoms with Gasteiger partial charge in [-0.3, -0.25) is 4.79 Å². The summed E-state index contributed by atoms with van der Waals surface area (Å²) < 4.78 is 11.1. The van der Waals surface area contributed by atoms with E-state index >= 15 is 0 Å². The molecule has 1 aliphatic carbocycles. The summed E-state index contributed by atoms with van der Waals surface area (Å²) in [5.41, 5.74) is 7.13. The summed E-state index contributed by atoms with van der Waals surface area (Å²) in [6.45, 7) is 0.729. The SMILES string of the molecule is Nc1cc2c(cc1OCC1CCCC1)NC(=O)CO2. The normalized spacial score (nSPS) is 18.6. The number of nitrogens with two attached hydrogens (primary N) is 1. The topological polar surface area (TPSA) is 73.6 Å². The Morgan fingerprint density at radius 3 is 2.95 bits per heavy atom. The van der Waals surface area contributed by atoms with E-state index in [1.165, 1.54) is 25.7 Å². The third-order valence-corrected chi connectivity index (χ3v) is 3.69. The first-order valence-corrected chi connectivity index (χ1v) is 6.71. The van der Waals surface area contributed by atoms with Crippen molar-refractivity contribution in [3.05, 3.63) is 12.1 Å². The number of nitrogens with one attached hydrogen (secondary N) is 1. The van der Waals surface area contributed by atoms with E-state index < -0.39 is 0 Å². The molecule has 3 rings (SSSR count). The second kappa shape index (κ2) is 4.99. The summed E-state index contributed by atoms with van der Waals surface area (Å²) in [6, 6.07) is 3.45. The number of anilines is 2. The second-order valence-corrected chi connectivity index (χ2v) is 5.18. The third-order valence-electron chi connectivity index (χ3n) is 3.69. The lowest BCUT2D eigenvalue weighted by Gasteiger charge is -2.20. The minimum Gasteiger partial charge on any atom is -0.491 e. The molecule has 1 aromatic rings. The molecule has 1 saturated carbocycles. The van der Waals surface area contributed by atoms with Crippen molar-refractivity contribution in [3.63, 3.8) is 0 Å². The predicted molar refractivity (Wildman–Crippen MR) is 72.4 cm³/mol. The largest absolute Gasteiger partial charge is 0.491 e. The maximum absolute atomic E-state index is 11.3. The van der Waals surface area contributed by atoms with Gasteiger partial charge < -0.3 is 20.5 Å². The van der Waals surface area contributed by atoms with Crippen molar-refractivity contribution in [2.45, 2.75) is 25.7 Å². The highest BCUT2D eigenvalue weighted by Gasteiger charge is 2.20. The Labute approximate surface area is 112 Å². The van der Waals surface area contributed by atoms with Gasteiger partial charge in [-0.15, -0.1) is 0 Å². The molecule has 1 fully saturated rings. The average molecular weight is 262 g/mol. The molecule has 0 unspecified atom stereocenters. The lowest BCUT2D eigenvalue weighted by Crippen LogP contribution is -2.25. The molecular formula is C14H18N2O3. The molecule has 0 aromatic heterocycles. The second-order valence-electron chi connectivity index (χ2n) is 5.18. The molecule has 2 aliphatic rings. The van der Waals surface area contributed by atoms with E-state index in [1.54, 1.807) is 12.1 Å². The highest BCUT2D eigenvalue weighted by atomic mass is 16.5. The van der Waals surface area contributed by atoms with Crippen molar-refractivity contribution in [1.29, 1.82) is 0 Å². The Hall–Kier alpha value is -1.91. The molecule has 0 atom stereocenters. The number of nitrogen functional groups attached to an aromatic ring is 1. The maximum atomic E-state index is 11.3. The number of hydrogen-bond acceptors (Lipinski definition) is 4. The number of hydrogen-bond donors (Lipinski definition) is 2. The zero-order valence-electron chi connectivity index (χ0n) is 10.8. The van der Waals surface area contributed by atoms with Crippen molar-refractivity contribution >= 4 is 17.3 Å². The first kappa shape index (κ1) is 12.1. The summed E-state index contributed by atoms with van der Waals surface area (Å²) in [4.78, 5) is 11.3. The number of amides is 1. The Bertz CT molecular complexity index is 496. The van der Waals surface area contributed by atoms with Gasteiger partial charge in [0, 0.05) is 12.1 Å². The van der Waals surface area contributed by atoms with Gasteiger partial charge in [-0.2, -0.15) is 0 Å². The number of ether oxygens (including phenoxy) is 2. The molecule has 19 heavy (non-hydrogen) atoms. The van der Waals surface area contributed by atoms with Crippen molar-refractivity contribution in [3.8, 4) is 11.5 Å². The van der Waals surface area contributed by atoms with E-state index in [0.29, 0.717) is 35.4 Å². The van der Waals surface area contributed by atoms with Gasteiger partial charge in [0.25, 0.3) is 5.91 Å². The van der Waals surface area contributed by atoms with Crippen LogP contribution in [-0.2, 0) is 4.79 Å². The van der Waals surface area contributed by atoms with Crippen LogP contribution in [0.2, 0.25) is 0 Å². The van der Waals surface area contributed by atoms with Crippen LogP contribution < -0.4 is 20.5 Å². The summed E-state index contributed by atoms with van der Waals surface area (Å²) in [6.07, 6.45) is 5.03. The summed E-state index contributed by atoms with van der Waals surface area (Å²) in [5, 5.41) is 2.76. The molecule has 5 heteroatoms. The first-order valence-electron chi connectivity index (χ1n) is 6.71. The standard InChI is InChI=1S/C14H18N2O3/c15-10-5-13-11(16-14(17)8-19-13)6-12(10)18-7-9-3-1-2-4-9/h5-6,9H,1-4,7-8,15H2,(H,16,17). The van der Waals surface area contributed by atoms with Crippen LogP contribution >= 0.6 is 0 Å². The van der Waals surface area contributed by atoms with Crippen molar-refractivity contribution in [2.75, 3.05) is 24.3 Å². The highest BCUT2D eigenvalue weighted by molar-refractivity contribution is 5.96. The van der Waals surface area contributed by atoms with Crippen LogP contribution in [0.15, 0.2) is 12.1 Å². The molecule has 0 saturated heterocycles. The molecule has 0 radical (unpaired) electrons. The molecule has 3 N–H and O–H groups in total.